The number of amides is 1. The van der Waals surface area contributed by atoms with Crippen molar-refractivity contribution in [3.8, 4) is 0 Å². The number of pyridine rings is 1. The molecule has 0 radical (unpaired) electrons. The molecule has 0 saturated heterocycles. The van der Waals surface area contributed by atoms with E-state index in [9.17, 15) is 19.7 Å². The average Bonchev–Trinajstić information content (AvgIpc) is 2.89. The summed E-state index contributed by atoms with van der Waals surface area (Å²) in [6.45, 7) is -0.0586. The number of nitrogen functional groups attached to an aromatic ring is 1. The Bertz CT molecular complexity index is 766. The van der Waals surface area contributed by atoms with Crippen molar-refractivity contribution in [2.45, 2.75) is 6.54 Å². The van der Waals surface area contributed by atoms with Crippen LogP contribution in [0.3, 0.4) is 0 Å². The molecule has 0 atom stereocenters. The molecule has 0 saturated carbocycles. The summed E-state index contributed by atoms with van der Waals surface area (Å²) in [7, 11) is 0. The standard InChI is InChI=1S/C11H9BrN4O5/c12-7-2-9(16(19)20)11(18)15(3-7)4-8-1-6(5-21-8)10(17)14-13/h1-3,5H,4,13H2,(H,14,17). The van der Waals surface area contributed by atoms with Crippen molar-refractivity contribution >= 4 is 27.5 Å². The molecule has 3 N–H and O–H groups in total. The first-order valence-corrected chi connectivity index (χ1v) is 6.34. The Hall–Kier alpha value is -2.46. The maximum Gasteiger partial charge on any atom is 0.335 e. The fourth-order valence-corrected chi connectivity index (χ4v) is 2.13. The first kappa shape index (κ1) is 14.9. The molecule has 1 amide bonds. The van der Waals surface area contributed by atoms with Crippen molar-refractivity contribution in [3.05, 3.63) is 60.9 Å². The molecule has 0 aliphatic carbocycles. The Morgan fingerprint density at radius 2 is 2.24 bits per heavy atom. The van der Waals surface area contributed by atoms with E-state index < -0.39 is 22.1 Å². The summed E-state index contributed by atoms with van der Waals surface area (Å²) in [5, 5.41) is 10.8. The number of nitrogens with one attached hydrogen (secondary N) is 1. The van der Waals surface area contributed by atoms with E-state index in [0.29, 0.717) is 4.47 Å². The zero-order valence-corrected chi connectivity index (χ0v) is 12.0. The quantitative estimate of drug-likeness (QED) is 0.359. The highest BCUT2D eigenvalue weighted by Gasteiger charge is 2.17. The number of hydrogen-bond acceptors (Lipinski definition) is 6. The van der Waals surface area contributed by atoms with Crippen LogP contribution in [0.25, 0.3) is 0 Å². The van der Waals surface area contributed by atoms with Gasteiger partial charge in [-0.05, 0) is 22.0 Å². The van der Waals surface area contributed by atoms with E-state index in [0.717, 1.165) is 10.6 Å². The molecule has 2 heterocycles. The van der Waals surface area contributed by atoms with Gasteiger partial charge in [-0.2, -0.15) is 0 Å². The molecule has 0 unspecified atom stereocenters. The van der Waals surface area contributed by atoms with E-state index in [2.05, 4.69) is 15.9 Å². The lowest BCUT2D eigenvalue weighted by molar-refractivity contribution is -0.386. The van der Waals surface area contributed by atoms with Crippen LogP contribution in [0.2, 0.25) is 0 Å². The molecule has 2 aromatic rings. The maximum atomic E-state index is 11.9. The number of halogens is 1. The van der Waals surface area contributed by atoms with E-state index in [1.165, 1.54) is 18.5 Å². The number of nitrogens with two attached hydrogens (primary N) is 1. The summed E-state index contributed by atoms with van der Waals surface area (Å²) in [5.74, 6) is 4.72. The highest BCUT2D eigenvalue weighted by Crippen LogP contribution is 2.15. The van der Waals surface area contributed by atoms with Crippen LogP contribution >= 0.6 is 15.9 Å². The molecule has 0 bridgehead atoms. The van der Waals surface area contributed by atoms with E-state index in [4.69, 9.17) is 10.3 Å². The van der Waals surface area contributed by atoms with Crippen molar-refractivity contribution in [3.63, 3.8) is 0 Å². The van der Waals surface area contributed by atoms with Crippen LogP contribution in [-0.2, 0) is 6.54 Å². The number of carbonyl (C=O) groups is 1. The normalized spacial score (nSPS) is 10.4. The molecule has 0 aliphatic heterocycles. The molecule has 2 aromatic heterocycles. The van der Waals surface area contributed by atoms with Crippen molar-refractivity contribution in [1.29, 1.82) is 0 Å². The number of aromatic nitrogens is 1. The summed E-state index contributed by atoms with van der Waals surface area (Å²) in [4.78, 5) is 33.2. The number of nitrogens with zero attached hydrogens (tertiary/aromatic N) is 2. The van der Waals surface area contributed by atoms with Crippen LogP contribution in [0.5, 0.6) is 0 Å². The minimum absolute atomic E-state index is 0.0586. The van der Waals surface area contributed by atoms with Crippen molar-refractivity contribution in [2.75, 3.05) is 0 Å². The zero-order chi connectivity index (χ0) is 15.6. The second-order valence-electron chi connectivity index (χ2n) is 4.01. The van der Waals surface area contributed by atoms with Gasteiger partial charge >= 0.3 is 11.2 Å². The summed E-state index contributed by atoms with van der Waals surface area (Å²) >= 11 is 3.09. The topological polar surface area (TPSA) is 133 Å². The van der Waals surface area contributed by atoms with E-state index in [-0.39, 0.29) is 17.9 Å². The van der Waals surface area contributed by atoms with Crippen molar-refractivity contribution in [1.82, 2.24) is 9.99 Å². The Kier molecular flexibility index (Phi) is 4.19. The van der Waals surface area contributed by atoms with Gasteiger partial charge in [0.15, 0.2) is 0 Å². The summed E-state index contributed by atoms with van der Waals surface area (Å²) in [5.41, 5.74) is 0.791. The van der Waals surface area contributed by atoms with Gasteiger partial charge in [-0.1, -0.05) is 0 Å². The number of carbonyl (C=O) groups excluding carboxylic acids is 1. The highest BCUT2D eigenvalue weighted by molar-refractivity contribution is 9.10. The molecule has 110 valence electrons. The fraction of sp³-hybridized carbons (Fsp3) is 0.0909. The zero-order valence-electron chi connectivity index (χ0n) is 10.4. The van der Waals surface area contributed by atoms with Gasteiger partial charge in [-0.25, -0.2) is 5.84 Å². The van der Waals surface area contributed by atoms with Crippen LogP contribution in [-0.4, -0.2) is 15.4 Å². The van der Waals surface area contributed by atoms with Gasteiger partial charge in [0.2, 0.25) is 0 Å². The predicted molar refractivity (Wildman–Crippen MR) is 74.5 cm³/mol. The molecule has 9 nitrogen and oxygen atoms in total. The molecule has 10 heteroatoms. The summed E-state index contributed by atoms with van der Waals surface area (Å²) in [6.07, 6.45) is 2.56. The lowest BCUT2D eigenvalue weighted by atomic mass is 10.3. The lowest BCUT2D eigenvalue weighted by Crippen LogP contribution is -2.29. The van der Waals surface area contributed by atoms with Crippen molar-refractivity contribution in [2.24, 2.45) is 5.84 Å². The Morgan fingerprint density at radius 1 is 1.52 bits per heavy atom. The minimum Gasteiger partial charge on any atom is -0.467 e. The summed E-state index contributed by atoms with van der Waals surface area (Å²) < 4.78 is 6.60. The number of hydrogen-bond donors (Lipinski definition) is 2. The van der Waals surface area contributed by atoms with E-state index in [1.54, 1.807) is 0 Å². The van der Waals surface area contributed by atoms with Gasteiger partial charge in [0.1, 0.15) is 12.0 Å². The average molecular weight is 357 g/mol. The second-order valence-corrected chi connectivity index (χ2v) is 4.92. The Morgan fingerprint density at radius 3 is 2.86 bits per heavy atom. The van der Waals surface area contributed by atoms with Crippen LogP contribution < -0.4 is 16.8 Å². The molecule has 2 rings (SSSR count). The number of nitro groups is 1. The van der Waals surface area contributed by atoms with Gasteiger partial charge in [0, 0.05) is 16.7 Å². The van der Waals surface area contributed by atoms with Gasteiger partial charge in [-0.15, -0.1) is 0 Å². The number of rotatable bonds is 4. The third kappa shape index (κ3) is 3.17. The van der Waals surface area contributed by atoms with Crippen LogP contribution in [0.15, 0.2) is 38.3 Å². The maximum absolute atomic E-state index is 11.9. The number of furan rings is 1. The third-order valence-electron chi connectivity index (χ3n) is 2.60. The van der Waals surface area contributed by atoms with Gasteiger partial charge < -0.3 is 8.98 Å². The molecule has 0 fully saturated rings. The van der Waals surface area contributed by atoms with Crippen LogP contribution in [0.1, 0.15) is 16.1 Å². The number of hydrazine groups is 1. The molecular weight excluding hydrogens is 348 g/mol. The van der Waals surface area contributed by atoms with Gasteiger partial charge in [0.05, 0.1) is 17.0 Å². The third-order valence-corrected chi connectivity index (χ3v) is 3.04. The Balaban J connectivity index is 2.36. The highest BCUT2D eigenvalue weighted by atomic mass is 79.9. The largest absolute Gasteiger partial charge is 0.467 e. The summed E-state index contributed by atoms with van der Waals surface area (Å²) in [6, 6.07) is 2.51. The minimum atomic E-state index is -0.774. The molecule has 0 aliphatic rings. The van der Waals surface area contributed by atoms with E-state index in [1.807, 2.05) is 5.43 Å². The molecule has 0 aromatic carbocycles. The molecule has 21 heavy (non-hydrogen) atoms. The van der Waals surface area contributed by atoms with Gasteiger partial charge in [-0.3, -0.25) is 25.1 Å². The monoisotopic (exact) mass is 356 g/mol. The lowest BCUT2D eigenvalue weighted by Gasteiger charge is -2.03. The van der Waals surface area contributed by atoms with E-state index >= 15 is 0 Å². The van der Waals surface area contributed by atoms with Gasteiger partial charge in [0.25, 0.3) is 5.91 Å². The fourth-order valence-electron chi connectivity index (χ4n) is 1.67. The molecular formula is C11H9BrN4O5. The molecule has 0 spiro atoms. The van der Waals surface area contributed by atoms with Crippen LogP contribution in [0.4, 0.5) is 5.69 Å². The van der Waals surface area contributed by atoms with Crippen LogP contribution in [0, 0.1) is 10.1 Å². The predicted octanol–water partition coefficient (Wildman–Crippen LogP) is 0.764. The van der Waals surface area contributed by atoms with Crippen molar-refractivity contribution < 1.29 is 14.1 Å². The first-order chi connectivity index (χ1) is 9.92. The smallest absolute Gasteiger partial charge is 0.335 e. The second kappa shape index (κ2) is 5.89. The SMILES string of the molecule is NNC(=O)c1coc(Cn2cc(Br)cc([N+](=O)[O-])c2=O)c1. The Labute approximate surface area is 125 Å². The first-order valence-electron chi connectivity index (χ1n) is 5.55.